The van der Waals surface area contributed by atoms with Crippen LogP contribution in [0.2, 0.25) is 0 Å². The Morgan fingerprint density at radius 1 is 1.34 bits per heavy atom. The number of anilines is 1. The zero-order valence-electron chi connectivity index (χ0n) is 18.5. The fourth-order valence-electron chi connectivity index (χ4n) is 3.02. The smallest absolute Gasteiger partial charge is 0.407 e. The van der Waals surface area contributed by atoms with Crippen LogP contribution in [0.1, 0.15) is 66.5 Å². The molecule has 1 aromatic carbocycles. The number of halogens is 1. The summed E-state index contributed by atoms with van der Waals surface area (Å²) in [6.45, 7) is 14.3. The molecule has 0 saturated carbocycles. The first-order valence-electron chi connectivity index (χ1n) is 9.99. The van der Waals surface area contributed by atoms with E-state index >= 15 is 0 Å². The molecule has 1 heterocycles. The van der Waals surface area contributed by atoms with Crippen LogP contribution in [0.4, 0.5) is 14.9 Å². The van der Waals surface area contributed by atoms with Gasteiger partial charge in [-0.2, -0.15) is 0 Å². The Kier molecular flexibility index (Phi) is 7.46. The molecule has 1 aromatic rings. The average molecular weight is 428 g/mol. The van der Waals surface area contributed by atoms with Crippen LogP contribution in [0.15, 0.2) is 18.2 Å². The van der Waals surface area contributed by atoms with E-state index in [1.807, 2.05) is 48.5 Å². The molecule has 2 N–H and O–H groups in total. The zero-order valence-corrected chi connectivity index (χ0v) is 19.3. The lowest BCUT2D eigenvalue weighted by Gasteiger charge is -2.44. The fourth-order valence-corrected chi connectivity index (χ4v) is 3.82. The van der Waals surface area contributed by atoms with Gasteiger partial charge in [0.2, 0.25) is 0 Å². The predicted molar refractivity (Wildman–Crippen MR) is 116 cm³/mol. The van der Waals surface area contributed by atoms with E-state index in [-0.39, 0.29) is 17.9 Å². The van der Waals surface area contributed by atoms with E-state index in [9.17, 15) is 13.7 Å². The van der Waals surface area contributed by atoms with Gasteiger partial charge in [-0.3, -0.25) is 0 Å². The third kappa shape index (κ3) is 6.76. The molecule has 1 fully saturated rings. The first-order valence-corrected chi connectivity index (χ1v) is 11.1. The topological polar surface area (TPSA) is 76.7 Å². The van der Waals surface area contributed by atoms with Crippen molar-refractivity contribution in [1.29, 1.82) is 0 Å². The van der Waals surface area contributed by atoms with E-state index < -0.39 is 27.8 Å². The first kappa shape index (κ1) is 23.8. The summed E-state index contributed by atoms with van der Waals surface area (Å²) in [5, 5.41) is 2.81. The lowest BCUT2D eigenvalue weighted by molar-refractivity contribution is 0.0521. The second-order valence-electron chi connectivity index (χ2n) is 9.44. The van der Waals surface area contributed by atoms with Crippen LogP contribution in [-0.2, 0) is 16.1 Å². The standard InChI is InChI=1S/C21H34FN3O3S/c1-14(24-29(27)21(5,6)7)17-12-15(22)8-9-18(17)25-11-10-16(25)13-23-19(26)28-20(2,3)4/h8-9,12,14,16,24H,10-11,13H2,1-7H3,(H,23,26). The summed E-state index contributed by atoms with van der Waals surface area (Å²) in [4.78, 5) is 14.1. The molecular weight excluding hydrogens is 393 g/mol. The zero-order chi connectivity index (χ0) is 22.0. The molecule has 3 unspecified atom stereocenters. The average Bonchev–Trinajstić information content (AvgIpc) is 2.52. The molecule has 6 nitrogen and oxygen atoms in total. The monoisotopic (exact) mass is 427 g/mol. The van der Waals surface area contributed by atoms with E-state index in [1.54, 1.807) is 6.07 Å². The van der Waals surface area contributed by atoms with Crippen LogP contribution in [0, 0.1) is 5.82 Å². The number of amides is 1. The van der Waals surface area contributed by atoms with Crippen LogP contribution < -0.4 is 14.9 Å². The Bertz CT molecular complexity index is 718. The molecule has 29 heavy (non-hydrogen) atoms. The molecule has 164 valence electrons. The van der Waals surface area contributed by atoms with Gasteiger partial charge in [0.1, 0.15) is 16.2 Å². The van der Waals surface area contributed by atoms with Gasteiger partial charge in [-0.25, -0.2) is 9.18 Å². The van der Waals surface area contributed by atoms with Gasteiger partial charge in [0.25, 0.3) is 0 Å². The van der Waals surface area contributed by atoms with Gasteiger partial charge in [0.15, 0.2) is 0 Å². The largest absolute Gasteiger partial charge is 0.598 e. The van der Waals surface area contributed by atoms with Crippen molar-refractivity contribution in [1.82, 2.24) is 10.0 Å². The van der Waals surface area contributed by atoms with Crippen molar-refractivity contribution in [2.24, 2.45) is 0 Å². The normalized spacial score (nSPS) is 19.3. The lowest BCUT2D eigenvalue weighted by Crippen LogP contribution is -2.54. The highest BCUT2D eigenvalue weighted by Gasteiger charge is 2.33. The Labute approximate surface area is 176 Å². The van der Waals surface area contributed by atoms with Crippen molar-refractivity contribution in [3.8, 4) is 0 Å². The maximum Gasteiger partial charge on any atom is 0.407 e. The lowest BCUT2D eigenvalue weighted by atomic mass is 9.97. The van der Waals surface area contributed by atoms with Gasteiger partial charge in [-0.05, 0) is 78.6 Å². The van der Waals surface area contributed by atoms with Crippen molar-refractivity contribution in [3.63, 3.8) is 0 Å². The molecule has 1 aliphatic rings. The number of rotatable bonds is 6. The minimum atomic E-state index is -1.27. The van der Waals surface area contributed by atoms with E-state index in [4.69, 9.17) is 4.74 Å². The maximum absolute atomic E-state index is 14.0. The van der Waals surface area contributed by atoms with Gasteiger partial charge in [0.05, 0.1) is 6.04 Å². The molecule has 1 amide bonds. The number of ether oxygens (including phenoxy) is 1. The molecule has 2 rings (SSSR count). The van der Waals surface area contributed by atoms with Gasteiger partial charge < -0.3 is 19.5 Å². The van der Waals surface area contributed by atoms with Crippen LogP contribution in [0.25, 0.3) is 0 Å². The summed E-state index contributed by atoms with van der Waals surface area (Å²) in [7, 11) is 0. The number of hydrogen-bond acceptors (Lipinski definition) is 5. The highest BCUT2D eigenvalue weighted by molar-refractivity contribution is 7.90. The molecule has 0 aliphatic carbocycles. The molecule has 0 bridgehead atoms. The Balaban J connectivity index is 2.09. The predicted octanol–water partition coefficient (Wildman–Crippen LogP) is 4.04. The van der Waals surface area contributed by atoms with E-state index in [0.717, 1.165) is 24.2 Å². The quantitative estimate of drug-likeness (QED) is 0.670. The van der Waals surface area contributed by atoms with E-state index in [2.05, 4.69) is 14.9 Å². The van der Waals surface area contributed by atoms with Gasteiger partial charge >= 0.3 is 6.09 Å². The maximum atomic E-state index is 14.0. The van der Waals surface area contributed by atoms with Crippen molar-refractivity contribution in [3.05, 3.63) is 29.6 Å². The second-order valence-corrected chi connectivity index (χ2v) is 11.4. The minimum Gasteiger partial charge on any atom is -0.598 e. The SMILES string of the molecule is CC(N[S+]([O-])C(C)(C)C)c1cc(F)ccc1N1CCC1CNC(=O)OC(C)(C)C. The molecule has 0 aromatic heterocycles. The van der Waals surface area contributed by atoms with Crippen molar-refractivity contribution < 1.29 is 18.5 Å². The minimum absolute atomic E-state index is 0.104. The number of carbonyl (C=O) groups excluding carboxylic acids is 1. The van der Waals surface area contributed by atoms with E-state index in [1.165, 1.54) is 12.1 Å². The van der Waals surface area contributed by atoms with E-state index in [0.29, 0.717) is 6.54 Å². The summed E-state index contributed by atoms with van der Waals surface area (Å²) in [6.07, 6.45) is 0.474. The van der Waals surface area contributed by atoms with Gasteiger partial charge in [-0.1, -0.05) is 0 Å². The van der Waals surface area contributed by atoms with Crippen molar-refractivity contribution >= 4 is 23.1 Å². The molecule has 0 radical (unpaired) electrons. The van der Waals surface area contributed by atoms with Crippen LogP contribution in [0.5, 0.6) is 0 Å². The summed E-state index contributed by atoms with van der Waals surface area (Å²) in [6, 6.07) is 4.49. The highest BCUT2D eigenvalue weighted by atomic mass is 32.2. The van der Waals surface area contributed by atoms with Gasteiger partial charge in [0, 0.05) is 36.2 Å². The van der Waals surface area contributed by atoms with Gasteiger partial charge in [-0.15, -0.1) is 4.72 Å². The third-order valence-corrected chi connectivity index (χ3v) is 6.31. The molecule has 3 atom stereocenters. The Hall–Kier alpha value is -1.51. The highest BCUT2D eigenvalue weighted by Crippen LogP contribution is 2.34. The molecule has 0 spiro atoms. The van der Waals surface area contributed by atoms with Crippen molar-refractivity contribution in [2.45, 2.75) is 77.3 Å². The first-order chi connectivity index (χ1) is 13.3. The van der Waals surface area contributed by atoms with Crippen LogP contribution in [-0.4, -0.2) is 40.1 Å². The Morgan fingerprint density at radius 3 is 2.52 bits per heavy atom. The summed E-state index contributed by atoms with van der Waals surface area (Å²) >= 11 is -1.27. The fraction of sp³-hybridized carbons (Fsp3) is 0.667. The number of nitrogens with one attached hydrogen (secondary N) is 2. The Morgan fingerprint density at radius 2 is 2.00 bits per heavy atom. The number of alkyl carbamates (subject to hydrolysis) is 1. The molecular formula is C21H34FN3O3S. The number of nitrogens with zero attached hydrogens (tertiary/aromatic N) is 1. The number of carbonyl (C=O) groups is 1. The molecule has 8 heteroatoms. The number of hydrogen-bond donors (Lipinski definition) is 2. The van der Waals surface area contributed by atoms with Crippen LogP contribution in [0.3, 0.4) is 0 Å². The summed E-state index contributed by atoms with van der Waals surface area (Å²) in [5.41, 5.74) is 1.10. The number of benzene rings is 1. The van der Waals surface area contributed by atoms with Crippen molar-refractivity contribution in [2.75, 3.05) is 18.0 Å². The molecule has 1 saturated heterocycles. The summed E-state index contributed by atoms with van der Waals surface area (Å²) in [5.74, 6) is -0.331. The molecule has 1 aliphatic heterocycles. The second kappa shape index (κ2) is 9.10. The summed E-state index contributed by atoms with van der Waals surface area (Å²) < 4.78 is 34.4. The third-order valence-electron chi connectivity index (χ3n) is 4.63. The van der Waals surface area contributed by atoms with Crippen LogP contribution >= 0.6 is 0 Å².